The second-order valence-corrected chi connectivity index (χ2v) is 5.23. The minimum absolute atomic E-state index is 0.0528. The summed E-state index contributed by atoms with van der Waals surface area (Å²) >= 11 is 0. The lowest BCUT2D eigenvalue weighted by Gasteiger charge is -2.35. The van der Waals surface area contributed by atoms with E-state index < -0.39 is 5.82 Å². The van der Waals surface area contributed by atoms with Crippen molar-refractivity contribution in [2.45, 2.75) is 19.1 Å². The molecule has 4 N–H and O–H groups in total. The van der Waals surface area contributed by atoms with E-state index in [9.17, 15) is 9.18 Å². The lowest BCUT2D eigenvalue weighted by Crippen LogP contribution is -2.50. The summed E-state index contributed by atoms with van der Waals surface area (Å²) in [4.78, 5) is 13.9. The molecule has 1 fully saturated rings. The van der Waals surface area contributed by atoms with Gasteiger partial charge in [0.05, 0.1) is 36.7 Å². The van der Waals surface area contributed by atoms with Crippen molar-refractivity contribution in [3.8, 4) is 0 Å². The third-order valence-electron chi connectivity index (χ3n) is 3.26. The number of hydrogen-bond donors (Lipinski definition) is 3. The van der Waals surface area contributed by atoms with E-state index in [-0.39, 0.29) is 37.0 Å². The monoisotopic (exact) mass is 297 g/mol. The van der Waals surface area contributed by atoms with Crippen LogP contribution in [0.15, 0.2) is 18.2 Å². The molecule has 1 aromatic carbocycles. The number of rotatable bonds is 4. The molecule has 1 aromatic rings. The first kappa shape index (κ1) is 15.7. The highest BCUT2D eigenvalue weighted by Gasteiger charge is 2.26. The molecule has 1 amide bonds. The zero-order valence-electron chi connectivity index (χ0n) is 11.9. The van der Waals surface area contributed by atoms with Crippen LogP contribution in [0.4, 0.5) is 15.8 Å². The van der Waals surface area contributed by atoms with Gasteiger partial charge in [0.1, 0.15) is 5.82 Å². The minimum atomic E-state index is -0.458. The van der Waals surface area contributed by atoms with E-state index in [4.69, 9.17) is 15.6 Å². The molecular weight excluding hydrogens is 277 g/mol. The normalized spacial score (nSPS) is 23.0. The van der Waals surface area contributed by atoms with Crippen LogP contribution in [0.25, 0.3) is 0 Å². The lowest BCUT2D eigenvalue weighted by molar-refractivity contribution is -0.124. The predicted octanol–water partition coefficient (Wildman–Crippen LogP) is 0.428. The average Bonchev–Trinajstić information content (AvgIpc) is 2.42. The molecule has 0 bridgehead atoms. The van der Waals surface area contributed by atoms with Crippen LogP contribution >= 0.6 is 0 Å². The fraction of sp³-hybridized carbons (Fsp3) is 0.500. The number of amides is 1. The third-order valence-corrected chi connectivity index (χ3v) is 3.26. The first-order valence-corrected chi connectivity index (χ1v) is 6.81. The van der Waals surface area contributed by atoms with E-state index in [1.54, 1.807) is 0 Å². The van der Waals surface area contributed by atoms with Crippen LogP contribution in [0.2, 0.25) is 0 Å². The second kappa shape index (κ2) is 6.84. The topological polar surface area (TPSA) is 87.8 Å². The van der Waals surface area contributed by atoms with Gasteiger partial charge in [-0.1, -0.05) is 0 Å². The molecule has 2 unspecified atom stereocenters. The summed E-state index contributed by atoms with van der Waals surface area (Å²) in [5.41, 5.74) is 6.27. The van der Waals surface area contributed by atoms with Crippen LogP contribution in [0.3, 0.4) is 0 Å². The minimum Gasteiger partial charge on any atom is -0.397 e. The Bertz CT molecular complexity index is 512. The highest BCUT2D eigenvalue weighted by molar-refractivity contribution is 5.95. The molecule has 1 saturated heterocycles. The fourth-order valence-corrected chi connectivity index (χ4v) is 2.40. The van der Waals surface area contributed by atoms with E-state index in [1.165, 1.54) is 18.2 Å². The molecule has 0 radical (unpaired) electrons. The van der Waals surface area contributed by atoms with Crippen molar-refractivity contribution in [2.24, 2.45) is 0 Å². The van der Waals surface area contributed by atoms with Gasteiger partial charge < -0.3 is 20.9 Å². The quantitative estimate of drug-likeness (QED) is 0.701. The molecule has 0 saturated carbocycles. The molecule has 2 rings (SSSR count). The van der Waals surface area contributed by atoms with Gasteiger partial charge in [-0.3, -0.25) is 9.69 Å². The van der Waals surface area contributed by atoms with Gasteiger partial charge in [-0.2, -0.15) is 0 Å². The van der Waals surface area contributed by atoms with Gasteiger partial charge in [0.15, 0.2) is 0 Å². The number of carbonyl (C=O) groups excluding carboxylic acids is 1. The zero-order valence-corrected chi connectivity index (χ0v) is 11.9. The van der Waals surface area contributed by atoms with Gasteiger partial charge in [0, 0.05) is 13.1 Å². The molecule has 6 nitrogen and oxygen atoms in total. The summed E-state index contributed by atoms with van der Waals surface area (Å²) in [6.07, 6.45) is -0.344. The first-order valence-electron chi connectivity index (χ1n) is 6.81. The summed E-state index contributed by atoms with van der Waals surface area (Å²) < 4.78 is 18.7. The number of nitrogens with two attached hydrogens (primary N) is 1. The molecular formula is C14H20FN3O3. The Labute approximate surface area is 122 Å². The summed E-state index contributed by atoms with van der Waals surface area (Å²) in [7, 11) is 0. The number of ether oxygens (including phenoxy) is 1. The smallest absolute Gasteiger partial charge is 0.238 e. The number of aliphatic hydroxyl groups is 1. The molecule has 21 heavy (non-hydrogen) atoms. The standard InChI is InChI=1S/C14H20FN3O3/c1-9-5-18(6-11(8-19)21-9)7-14(20)17-13-4-10(15)2-3-12(13)16/h2-4,9,11,19H,5-8,16H2,1H3,(H,17,20). The first-order chi connectivity index (χ1) is 9.97. The second-order valence-electron chi connectivity index (χ2n) is 5.23. The molecule has 0 aliphatic carbocycles. The Balaban J connectivity index is 1.93. The van der Waals surface area contributed by atoms with Crippen LogP contribution in [0.5, 0.6) is 0 Å². The SMILES string of the molecule is CC1CN(CC(=O)Nc2cc(F)ccc2N)CC(CO)O1. The highest BCUT2D eigenvalue weighted by Crippen LogP contribution is 2.19. The number of benzene rings is 1. The summed E-state index contributed by atoms with van der Waals surface area (Å²) in [6, 6.07) is 3.83. The summed E-state index contributed by atoms with van der Waals surface area (Å²) in [5.74, 6) is -0.738. The van der Waals surface area contributed by atoms with Crippen LogP contribution in [-0.2, 0) is 9.53 Å². The van der Waals surface area contributed by atoms with Crippen molar-refractivity contribution in [3.63, 3.8) is 0 Å². The molecule has 1 aliphatic heterocycles. The van der Waals surface area contributed by atoms with Gasteiger partial charge >= 0.3 is 0 Å². The largest absolute Gasteiger partial charge is 0.397 e. The Morgan fingerprint density at radius 1 is 1.57 bits per heavy atom. The van der Waals surface area contributed by atoms with Crippen molar-refractivity contribution < 1.29 is 19.0 Å². The van der Waals surface area contributed by atoms with Crippen LogP contribution in [-0.4, -0.2) is 54.4 Å². The number of hydrogen-bond acceptors (Lipinski definition) is 5. The Morgan fingerprint density at radius 3 is 3.05 bits per heavy atom. The maximum Gasteiger partial charge on any atom is 0.238 e. The van der Waals surface area contributed by atoms with Crippen LogP contribution < -0.4 is 11.1 Å². The molecule has 1 heterocycles. The number of nitrogen functional groups attached to an aromatic ring is 1. The van der Waals surface area contributed by atoms with E-state index >= 15 is 0 Å². The van der Waals surface area contributed by atoms with Crippen molar-refractivity contribution >= 4 is 17.3 Å². The molecule has 116 valence electrons. The number of nitrogens with one attached hydrogen (secondary N) is 1. The van der Waals surface area contributed by atoms with Gasteiger partial charge in [-0.05, 0) is 25.1 Å². The third kappa shape index (κ3) is 4.38. The number of anilines is 2. The van der Waals surface area contributed by atoms with Crippen LogP contribution in [0, 0.1) is 5.82 Å². The van der Waals surface area contributed by atoms with E-state index in [1.807, 2.05) is 11.8 Å². The number of nitrogens with zero attached hydrogens (tertiary/aromatic N) is 1. The van der Waals surface area contributed by atoms with Crippen molar-refractivity contribution in [1.29, 1.82) is 0 Å². The van der Waals surface area contributed by atoms with E-state index in [0.29, 0.717) is 18.8 Å². The summed E-state index contributed by atoms with van der Waals surface area (Å²) in [5, 5.41) is 11.7. The number of carbonyl (C=O) groups is 1. The molecule has 1 aliphatic rings. The lowest BCUT2D eigenvalue weighted by atomic mass is 10.2. The fourth-order valence-electron chi connectivity index (χ4n) is 2.40. The number of halogens is 1. The summed E-state index contributed by atoms with van der Waals surface area (Å²) in [6.45, 7) is 3.02. The van der Waals surface area contributed by atoms with Gasteiger partial charge in [0.2, 0.25) is 5.91 Å². The molecule has 7 heteroatoms. The van der Waals surface area contributed by atoms with Gasteiger partial charge in [0.25, 0.3) is 0 Å². The maximum atomic E-state index is 13.1. The number of morpholine rings is 1. The predicted molar refractivity (Wildman–Crippen MR) is 77.3 cm³/mol. The van der Waals surface area contributed by atoms with E-state index in [2.05, 4.69) is 5.32 Å². The van der Waals surface area contributed by atoms with Crippen molar-refractivity contribution in [2.75, 3.05) is 37.3 Å². The molecule has 0 aromatic heterocycles. The molecule has 0 spiro atoms. The Morgan fingerprint density at radius 2 is 2.33 bits per heavy atom. The maximum absolute atomic E-state index is 13.1. The van der Waals surface area contributed by atoms with Gasteiger partial charge in [-0.15, -0.1) is 0 Å². The Kier molecular flexibility index (Phi) is 5.11. The highest BCUT2D eigenvalue weighted by atomic mass is 19.1. The van der Waals surface area contributed by atoms with E-state index in [0.717, 1.165) is 0 Å². The zero-order chi connectivity index (χ0) is 15.4. The van der Waals surface area contributed by atoms with Crippen molar-refractivity contribution in [1.82, 2.24) is 4.90 Å². The average molecular weight is 297 g/mol. The van der Waals surface area contributed by atoms with Crippen LogP contribution in [0.1, 0.15) is 6.92 Å². The van der Waals surface area contributed by atoms with Gasteiger partial charge in [-0.25, -0.2) is 4.39 Å². The van der Waals surface area contributed by atoms with Crippen molar-refractivity contribution in [3.05, 3.63) is 24.0 Å². The Hall–Kier alpha value is -1.70. The number of aliphatic hydroxyl groups excluding tert-OH is 1. The molecule has 2 atom stereocenters.